The fourth-order valence-electron chi connectivity index (χ4n) is 5.19. The van der Waals surface area contributed by atoms with Gasteiger partial charge in [-0.2, -0.15) is 0 Å². The van der Waals surface area contributed by atoms with Crippen LogP contribution in [0.25, 0.3) is 0 Å². The molecule has 3 rings (SSSR count). The van der Waals surface area contributed by atoms with Gasteiger partial charge in [0.05, 0.1) is 6.33 Å². The van der Waals surface area contributed by atoms with E-state index >= 15 is 0 Å². The summed E-state index contributed by atoms with van der Waals surface area (Å²) in [5.74, 6) is 3.17. The fraction of sp³-hybridized carbons (Fsp3) is 0.667. The minimum atomic E-state index is -0.129. The summed E-state index contributed by atoms with van der Waals surface area (Å²) in [4.78, 5) is 0. The van der Waals surface area contributed by atoms with E-state index in [0.29, 0.717) is 12.2 Å². The maximum absolute atomic E-state index is 13.1. The molecule has 0 aliphatic heterocycles. The van der Waals surface area contributed by atoms with Crippen molar-refractivity contribution in [1.29, 1.82) is 0 Å². The summed E-state index contributed by atoms with van der Waals surface area (Å²) < 4.78 is 25.1. The molecule has 0 N–H and O–H groups in total. The van der Waals surface area contributed by atoms with Crippen LogP contribution in [-0.4, -0.2) is 0 Å². The topological polar surface area (TPSA) is 0 Å². The first-order chi connectivity index (χ1) is 12.7. The van der Waals surface area contributed by atoms with Crippen molar-refractivity contribution in [1.82, 2.24) is 0 Å². The zero-order chi connectivity index (χ0) is 18.2. The van der Waals surface area contributed by atoms with E-state index in [1.807, 2.05) is 12.1 Å². The Morgan fingerprint density at radius 2 is 1.23 bits per heavy atom. The standard InChI is InChI=1S/C24H34F2/c25-18-2-1-3-19-4-6-20(7-5-19)8-9-21-10-12-22(13-11-21)23-14-16-24(26)17-15-23/h2,14-22H,1,3-13H2. The first-order valence-corrected chi connectivity index (χ1v) is 10.7. The van der Waals surface area contributed by atoms with E-state index in [0.717, 1.165) is 24.2 Å². The van der Waals surface area contributed by atoms with Gasteiger partial charge < -0.3 is 0 Å². The molecule has 0 aromatic heterocycles. The molecule has 0 saturated heterocycles. The van der Waals surface area contributed by atoms with Crippen molar-refractivity contribution in [2.75, 3.05) is 0 Å². The second-order valence-corrected chi connectivity index (χ2v) is 8.67. The van der Waals surface area contributed by atoms with Gasteiger partial charge in [-0.1, -0.05) is 56.7 Å². The molecule has 0 unspecified atom stereocenters. The second kappa shape index (κ2) is 10.2. The van der Waals surface area contributed by atoms with Crippen LogP contribution in [-0.2, 0) is 0 Å². The number of hydrogen-bond acceptors (Lipinski definition) is 0. The molecule has 2 fully saturated rings. The molecular weight excluding hydrogens is 326 g/mol. The highest BCUT2D eigenvalue weighted by atomic mass is 19.1. The molecule has 0 atom stereocenters. The molecular formula is C24H34F2. The Hall–Kier alpha value is -1.18. The number of rotatable bonds is 7. The van der Waals surface area contributed by atoms with Crippen molar-refractivity contribution in [3.63, 3.8) is 0 Å². The average molecular weight is 361 g/mol. The zero-order valence-electron chi connectivity index (χ0n) is 16.0. The Labute approximate surface area is 158 Å². The molecule has 144 valence electrons. The summed E-state index contributed by atoms with van der Waals surface area (Å²) >= 11 is 0. The molecule has 0 amide bonds. The third-order valence-electron chi connectivity index (χ3n) is 6.97. The summed E-state index contributed by atoms with van der Waals surface area (Å²) in [6, 6.07) is 7.15. The van der Waals surface area contributed by atoms with Crippen LogP contribution < -0.4 is 0 Å². The molecule has 0 radical (unpaired) electrons. The average Bonchev–Trinajstić information content (AvgIpc) is 2.69. The van der Waals surface area contributed by atoms with Crippen LogP contribution in [0.2, 0.25) is 0 Å². The maximum Gasteiger partial charge on any atom is 0.123 e. The summed E-state index contributed by atoms with van der Waals surface area (Å²) in [6.07, 6.45) is 17.9. The largest absolute Gasteiger partial charge is 0.216 e. The lowest BCUT2D eigenvalue weighted by Crippen LogP contribution is -2.17. The lowest BCUT2D eigenvalue weighted by Gasteiger charge is -2.32. The van der Waals surface area contributed by atoms with Crippen molar-refractivity contribution in [2.45, 2.75) is 83.0 Å². The summed E-state index contributed by atoms with van der Waals surface area (Å²) in [7, 11) is 0. The third-order valence-corrected chi connectivity index (χ3v) is 6.97. The van der Waals surface area contributed by atoms with Crippen LogP contribution >= 0.6 is 0 Å². The first kappa shape index (κ1) is 19.6. The van der Waals surface area contributed by atoms with Gasteiger partial charge in [0.2, 0.25) is 0 Å². The number of benzene rings is 1. The molecule has 0 nitrogen and oxygen atoms in total. The smallest absolute Gasteiger partial charge is 0.123 e. The van der Waals surface area contributed by atoms with Crippen LogP contribution in [0.5, 0.6) is 0 Å². The van der Waals surface area contributed by atoms with Crippen LogP contribution in [0.3, 0.4) is 0 Å². The van der Waals surface area contributed by atoms with Gasteiger partial charge in [0.15, 0.2) is 0 Å². The molecule has 1 aromatic carbocycles. The number of hydrogen-bond donors (Lipinski definition) is 0. The van der Waals surface area contributed by atoms with E-state index in [9.17, 15) is 8.78 Å². The molecule has 26 heavy (non-hydrogen) atoms. The van der Waals surface area contributed by atoms with E-state index in [1.54, 1.807) is 18.2 Å². The van der Waals surface area contributed by atoms with Crippen LogP contribution in [0, 0.1) is 23.6 Å². The molecule has 0 spiro atoms. The highest BCUT2D eigenvalue weighted by molar-refractivity contribution is 5.20. The van der Waals surface area contributed by atoms with Crippen molar-refractivity contribution in [3.8, 4) is 0 Å². The minimum Gasteiger partial charge on any atom is -0.216 e. The number of halogens is 2. The molecule has 0 bridgehead atoms. The van der Waals surface area contributed by atoms with Crippen molar-refractivity contribution in [3.05, 3.63) is 48.1 Å². The Bertz CT molecular complexity index is 532. The van der Waals surface area contributed by atoms with Gasteiger partial charge in [0.1, 0.15) is 5.82 Å². The van der Waals surface area contributed by atoms with E-state index in [2.05, 4.69) is 0 Å². The van der Waals surface area contributed by atoms with E-state index in [-0.39, 0.29) is 5.82 Å². The quantitative estimate of drug-likeness (QED) is 0.463. The second-order valence-electron chi connectivity index (χ2n) is 8.67. The molecule has 0 heterocycles. The van der Waals surface area contributed by atoms with Gasteiger partial charge in [-0.15, -0.1) is 0 Å². The van der Waals surface area contributed by atoms with Gasteiger partial charge in [0, 0.05) is 0 Å². The van der Waals surface area contributed by atoms with Crippen LogP contribution in [0.4, 0.5) is 8.78 Å². The molecule has 2 saturated carbocycles. The first-order valence-electron chi connectivity index (χ1n) is 10.7. The van der Waals surface area contributed by atoms with E-state index in [4.69, 9.17) is 0 Å². The minimum absolute atomic E-state index is 0.129. The monoisotopic (exact) mass is 360 g/mol. The maximum atomic E-state index is 13.1. The summed E-state index contributed by atoms with van der Waals surface area (Å²) in [6.45, 7) is 0. The van der Waals surface area contributed by atoms with Gasteiger partial charge in [0.25, 0.3) is 0 Å². The van der Waals surface area contributed by atoms with Crippen molar-refractivity contribution >= 4 is 0 Å². The normalized spacial score (nSPS) is 29.9. The highest BCUT2D eigenvalue weighted by Crippen LogP contribution is 2.40. The zero-order valence-corrected chi connectivity index (χ0v) is 16.0. The SMILES string of the molecule is FC=CCCC1CCC(CCC2CCC(c3ccc(F)cc3)CC2)CC1. The molecule has 2 aliphatic rings. The molecule has 2 heteroatoms. The van der Waals surface area contributed by atoms with Gasteiger partial charge in [-0.25, -0.2) is 8.78 Å². The Morgan fingerprint density at radius 3 is 1.77 bits per heavy atom. The van der Waals surface area contributed by atoms with Crippen LogP contribution in [0.15, 0.2) is 36.7 Å². The summed E-state index contributed by atoms with van der Waals surface area (Å²) in [5, 5.41) is 0. The highest BCUT2D eigenvalue weighted by Gasteiger charge is 2.25. The van der Waals surface area contributed by atoms with Gasteiger partial charge in [-0.05, 0) is 79.9 Å². The lowest BCUT2D eigenvalue weighted by molar-refractivity contribution is 0.225. The van der Waals surface area contributed by atoms with Crippen molar-refractivity contribution < 1.29 is 8.78 Å². The van der Waals surface area contributed by atoms with Crippen molar-refractivity contribution in [2.24, 2.45) is 17.8 Å². The Kier molecular flexibility index (Phi) is 7.70. The lowest BCUT2D eigenvalue weighted by atomic mass is 9.74. The Morgan fingerprint density at radius 1 is 0.731 bits per heavy atom. The molecule has 2 aliphatic carbocycles. The van der Waals surface area contributed by atoms with Crippen LogP contribution in [0.1, 0.15) is 88.5 Å². The predicted octanol–water partition coefficient (Wildman–Crippen LogP) is 7.95. The van der Waals surface area contributed by atoms with Gasteiger partial charge in [-0.3, -0.25) is 0 Å². The molecule has 1 aromatic rings. The van der Waals surface area contributed by atoms with E-state index < -0.39 is 0 Å². The summed E-state index contributed by atoms with van der Waals surface area (Å²) in [5.41, 5.74) is 1.32. The fourth-order valence-corrected chi connectivity index (χ4v) is 5.19. The Balaban J connectivity index is 1.31. The van der Waals surface area contributed by atoms with E-state index in [1.165, 1.54) is 76.2 Å². The van der Waals surface area contributed by atoms with Gasteiger partial charge >= 0.3 is 0 Å². The third kappa shape index (κ3) is 5.93. The number of allylic oxidation sites excluding steroid dienone is 1. The predicted molar refractivity (Wildman–Crippen MR) is 105 cm³/mol.